The van der Waals surface area contributed by atoms with Crippen LogP contribution in [0.5, 0.6) is 0 Å². The summed E-state index contributed by atoms with van der Waals surface area (Å²) in [5.41, 5.74) is 8.24. The van der Waals surface area contributed by atoms with E-state index in [2.05, 4.69) is 5.32 Å². The maximum atomic E-state index is 12.2. The highest BCUT2D eigenvalue weighted by Crippen LogP contribution is 2.27. The molecule has 2 aromatic carbocycles. The van der Waals surface area contributed by atoms with E-state index in [1.807, 2.05) is 55.4 Å². The number of amides is 1. The van der Waals surface area contributed by atoms with Crippen molar-refractivity contribution < 1.29 is 4.79 Å². The Bertz CT molecular complexity index is 629. The van der Waals surface area contributed by atoms with E-state index >= 15 is 0 Å². The first kappa shape index (κ1) is 15.4. The number of rotatable bonds is 4. The van der Waals surface area contributed by atoms with Crippen molar-refractivity contribution in [3.63, 3.8) is 0 Å². The summed E-state index contributed by atoms with van der Waals surface area (Å²) in [5, 5.41) is 3.36. The van der Waals surface area contributed by atoms with Gasteiger partial charge in [-0.3, -0.25) is 4.79 Å². The van der Waals surface area contributed by atoms with Gasteiger partial charge in [0.1, 0.15) is 6.04 Å². The van der Waals surface area contributed by atoms with Gasteiger partial charge in [0.2, 0.25) is 5.91 Å². The molecular weight excluding hydrogens is 286 g/mol. The van der Waals surface area contributed by atoms with Crippen molar-refractivity contribution >= 4 is 28.9 Å². The van der Waals surface area contributed by atoms with Gasteiger partial charge in [0.05, 0.1) is 10.7 Å². The minimum atomic E-state index is -0.710. The fraction of sp³-hybridized carbons (Fsp3) is 0.188. The summed E-state index contributed by atoms with van der Waals surface area (Å²) in [6.45, 7) is 0. The molecule has 0 saturated heterocycles. The molecule has 0 fully saturated rings. The molecule has 1 atom stereocenters. The van der Waals surface area contributed by atoms with Gasteiger partial charge in [0.25, 0.3) is 0 Å². The fourth-order valence-electron chi connectivity index (χ4n) is 1.98. The van der Waals surface area contributed by atoms with E-state index in [1.54, 1.807) is 12.1 Å². The Labute approximate surface area is 129 Å². The normalized spacial score (nSPS) is 11.8. The lowest BCUT2D eigenvalue weighted by atomic mass is 10.1. The van der Waals surface area contributed by atoms with Gasteiger partial charge in [-0.2, -0.15) is 0 Å². The van der Waals surface area contributed by atoms with Gasteiger partial charge < -0.3 is 16.0 Å². The predicted molar refractivity (Wildman–Crippen MR) is 87.8 cm³/mol. The first-order chi connectivity index (χ1) is 9.99. The van der Waals surface area contributed by atoms with Crippen LogP contribution >= 0.6 is 11.6 Å². The molecule has 0 aliphatic carbocycles. The third kappa shape index (κ3) is 3.74. The van der Waals surface area contributed by atoms with Crippen LogP contribution in [-0.4, -0.2) is 20.0 Å². The first-order valence-electron chi connectivity index (χ1n) is 6.57. The summed E-state index contributed by atoms with van der Waals surface area (Å²) in [5.74, 6) is -0.269. The summed E-state index contributed by atoms with van der Waals surface area (Å²) in [6.07, 6.45) is 0. The third-order valence-electron chi connectivity index (χ3n) is 3.14. The second-order valence-corrected chi connectivity index (χ2v) is 5.35. The van der Waals surface area contributed by atoms with Gasteiger partial charge in [-0.05, 0) is 23.8 Å². The lowest BCUT2D eigenvalue weighted by Gasteiger charge is -2.16. The van der Waals surface area contributed by atoms with Crippen LogP contribution in [0.3, 0.4) is 0 Å². The van der Waals surface area contributed by atoms with Crippen LogP contribution in [0.4, 0.5) is 11.4 Å². The van der Waals surface area contributed by atoms with Gasteiger partial charge in [0, 0.05) is 19.8 Å². The summed E-state index contributed by atoms with van der Waals surface area (Å²) in [6, 6.07) is 13.9. The Balaban J connectivity index is 2.11. The van der Waals surface area contributed by atoms with Crippen LogP contribution in [0, 0.1) is 0 Å². The number of anilines is 2. The number of benzene rings is 2. The minimum absolute atomic E-state index is 0.269. The van der Waals surface area contributed by atoms with Crippen LogP contribution in [0.1, 0.15) is 11.6 Å². The molecule has 0 bridgehead atoms. The lowest BCUT2D eigenvalue weighted by molar-refractivity contribution is -0.117. The molecule has 0 radical (unpaired) electrons. The number of nitrogens with two attached hydrogens (primary N) is 1. The molecule has 4 nitrogen and oxygen atoms in total. The molecule has 0 saturated carbocycles. The molecule has 0 spiro atoms. The Kier molecular flexibility index (Phi) is 4.83. The first-order valence-corrected chi connectivity index (χ1v) is 6.95. The second kappa shape index (κ2) is 6.61. The molecule has 3 N–H and O–H groups in total. The highest BCUT2D eigenvalue weighted by atomic mass is 35.5. The molecule has 21 heavy (non-hydrogen) atoms. The summed E-state index contributed by atoms with van der Waals surface area (Å²) < 4.78 is 0. The number of nitrogens with one attached hydrogen (secondary N) is 1. The SMILES string of the molecule is CN(C)c1ccc(NC(=O)[C@@H](N)c2ccccc2)cc1Cl. The van der Waals surface area contributed by atoms with Crippen LogP contribution in [0.2, 0.25) is 5.02 Å². The highest BCUT2D eigenvalue weighted by Gasteiger charge is 2.16. The Morgan fingerprint density at radius 1 is 1.19 bits per heavy atom. The number of nitrogens with zero attached hydrogens (tertiary/aromatic N) is 1. The van der Waals surface area contributed by atoms with Gasteiger partial charge >= 0.3 is 0 Å². The van der Waals surface area contributed by atoms with Crippen molar-refractivity contribution in [1.82, 2.24) is 0 Å². The van der Waals surface area contributed by atoms with E-state index in [9.17, 15) is 4.79 Å². The van der Waals surface area contributed by atoms with Gasteiger partial charge in [-0.15, -0.1) is 0 Å². The molecule has 2 aromatic rings. The summed E-state index contributed by atoms with van der Waals surface area (Å²) in [4.78, 5) is 14.1. The molecule has 0 unspecified atom stereocenters. The van der Waals surface area contributed by atoms with E-state index in [-0.39, 0.29) is 5.91 Å². The average molecular weight is 304 g/mol. The smallest absolute Gasteiger partial charge is 0.245 e. The Hall–Kier alpha value is -2.04. The molecule has 2 rings (SSSR count). The second-order valence-electron chi connectivity index (χ2n) is 4.94. The number of carbonyl (C=O) groups excluding carboxylic acids is 1. The number of carbonyl (C=O) groups is 1. The van der Waals surface area contributed by atoms with Crippen LogP contribution in [0.15, 0.2) is 48.5 Å². The van der Waals surface area contributed by atoms with E-state index in [4.69, 9.17) is 17.3 Å². The maximum Gasteiger partial charge on any atom is 0.245 e. The minimum Gasteiger partial charge on any atom is -0.376 e. The van der Waals surface area contributed by atoms with Crippen LogP contribution in [0.25, 0.3) is 0 Å². The predicted octanol–water partition coefficient (Wildman–Crippen LogP) is 3.04. The van der Waals surface area contributed by atoms with Crippen molar-refractivity contribution in [2.45, 2.75) is 6.04 Å². The molecule has 1 amide bonds. The van der Waals surface area contributed by atoms with Crippen molar-refractivity contribution in [2.75, 3.05) is 24.3 Å². The molecule has 0 aromatic heterocycles. The Morgan fingerprint density at radius 3 is 2.43 bits per heavy atom. The zero-order chi connectivity index (χ0) is 15.4. The van der Waals surface area contributed by atoms with Crippen molar-refractivity contribution in [2.24, 2.45) is 5.73 Å². The Morgan fingerprint density at radius 2 is 1.86 bits per heavy atom. The molecule has 5 heteroatoms. The highest BCUT2D eigenvalue weighted by molar-refractivity contribution is 6.33. The number of hydrogen-bond acceptors (Lipinski definition) is 3. The van der Waals surface area contributed by atoms with Crippen LogP contribution < -0.4 is 16.0 Å². The van der Waals surface area contributed by atoms with Crippen molar-refractivity contribution in [3.05, 3.63) is 59.1 Å². The molecule has 0 heterocycles. The molecule has 0 aliphatic heterocycles. The van der Waals surface area contributed by atoms with Crippen LogP contribution in [-0.2, 0) is 4.79 Å². The standard InChI is InChI=1S/C16H18ClN3O/c1-20(2)14-9-8-12(10-13(14)17)19-16(21)15(18)11-6-4-3-5-7-11/h3-10,15H,18H2,1-2H3,(H,19,21)/t15-/m0/s1. The molecule has 110 valence electrons. The largest absolute Gasteiger partial charge is 0.376 e. The zero-order valence-corrected chi connectivity index (χ0v) is 12.8. The van der Waals surface area contributed by atoms with E-state index in [0.29, 0.717) is 10.7 Å². The van der Waals surface area contributed by atoms with E-state index in [1.165, 1.54) is 0 Å². The monoisotopic (exact) mass is 303 g/mol. The third-order valence-corrected chi connectivity index (χ3v) is 3.44. The van der Waals surface area contributed by atoms with Gasteiger partial charge in [0.15, 0.2) is 0 Å². The fourth-order valence-corrected chi connectivity index (χ4v) is 2.33. The number of hydrogen-bond donors (Lipinski definition) is 2. The zero-order valence-electron chi connectivity index (χ0n) is 12.0. The average Bonchev–Trinajstić information content (AvgIpc) is 2.47. The maximum absolute atomic E-state index is 12.2. The van der Waals surface area contributed by atoms with E-state index < -0.39 is 6.04 Å². The topological polar surface area (TPSA) is 58.4 Å². The summed E-state index contributed by atoms with van der Waals surface area (Å²) >= 11 is 6.18. The molecular formula is C16H18ClN3O. The lowest BCUT2D eigenvalue weighted by Crippen LogP contribution is -2.27. The molecule has 0 aliphatic rings. The van der Waals surface area contributed by atoms with E-state index in [0.717, 1.165) is 11.3 Å². The van der Waals surface area contributed by atoms with Crippen molar-refractivity contribution in [1.29, 1.82) is 0 Å². The van der Waals surface area contributed by atoms with Crippen molar-refractivity contribution in [3.8, 4) is 0 Å². The quantitative estimate of drug-likeness (QED) is 0.912. The summed E-state index contributed by atoms with van der Waals surface area (Å²) in [7, 11) is 3.82. The number of halogens is 1. The van der Waals surface area contributed by atoms with Gasteiger partial charge in [-0.1, -0.05) is 41.9 Å². The van der Waals surface area contributed by atoms with Gasteiger partial charge in [-0.25, -0.2) is 0 Å².